The molecule has 0 amide bonds. The average Bonchev–Trinajstić information content (AvgIpc) is 2.31. The molecule has 3 nitrogen and oxygen atoms in total. The summed E-state index contributed by atoms with van der Waals surface area (Å²) in [5, 5.41) is 0. The molecule has 0 saturated carbocycles. The minimum Gasteiger partial charge on any atom is -0.492 e. The number of piperazine rings is 1. The van der Waals surface area contributed by atoms with Gasteiger partial charge in [0, 0.05) is 30.7 Å². The third-order valence-corrected chi connectivity index (χ3v) is 3.81. The predicted molar refractivity (Wildman–Crippen MR) is 79.8 cm³/mol. The van der Waals surface area contributed by atoms with Gasteiger partial charge in [0.25, 0.3) is 0 Å². The van der Waals surface area contributed by atoms with E-state index in [4.69, 9.17) is 4.74 Å². The molecule has 1 saturated heterocycles. The molecule has 1 aliphatic heterocycles. The van der Waals surface area contributed by atoms with E-state index in [1.807, 2.05) is 6.92 Å². The van der Waals surface area contributed by atoms with Gasteiger partial charge in [-0.1, -0.05) is 15.9 Å². The molecular weight excluding hydrogens is 292 g/mol. The summed E-state index contributed by atoms with van der Waals surface area (Å²) in [7, 11) is 2.18. The highest BCUT2D eigenvalue weighted by Crippen LogP contribution is 2.35. The van der Waals surface area contributed by atoms with Crippen molar-refractivity contribution in [3.8, 4) is 5.75 Å². The Morgan fingerprint density at radius 3 is 2.50 bits per heavy atom. The van der Waals surface area contributed by atoms with Crippen LogP contribution in [0.1, 0.15) is 12.5 Å². The van der Waals surface area contributed by atoms with Crippen LogP contribution in [0.2, 0.25) is 0 Å². The minimum atomic E-state index is 0.705. The molecule has 1 aromatic rings. The fourth-order valence-electron chi connectivity index (χ4n) is 2.41. The maximum atomic E-state index is 5.79. The molecule has 2 rings (SSSR count). The SMILES string of the molecule is CCOc1cc(Br)cc(C)c1N1CCN(C)CC1. The van der Waals surface area contributed by atoms with Crippen molar-refractivity contribution in [1.82, 2.24) is 4.90 Å². The number of nitrogens with zero attached hydrogens (tertiary/aromatic N) is 2. The van der Waals surface area contributed by atoms with Crippen LogP contribution in [-0.4, -0.2) is 44.7 Å². The summed E-state index contributed by atoms with van der Waals surface area (Å²) >= 11 is 3.54. The molecular formula is C14H21BrN2O. The minimum absolute atomic E-state index is 0.705. The Hall–Kier alpha value is -0.740. The lowest BCUT2D eigenvalue weighted by atomic mass is 10.1. The highest BCUT2D eigenvalue weighted by molar-refractivity contribution is 9.10. The van der Waals surface area contributed by atoms with Crippen LogP contribution >= 0.6 is 15.9 Å². The van der Waals surface area contributed by atoms with Crippen LogP contribution in [0.15, 0.2) is 16.6 Å². The highest BCUT2D eigenvalue weighted by Gasteiger charge is 2.20. The summed E-state index contributed by atoms with van der Waals surface area (Å²) in [6, 6.07) is 4.24. The molecule has 18 heavy (non-hydrogen) atoms. The zero-order valence-corrected chi connectivity index (χ0v) is 13.0. The van der Waals surface area contributed by atoms with Crippen LogP contribution < -0.4 is 9.64 Å². The Labute approximate surface area is 118 Å². The first-order valence-corrected chi connectivity index (χ1v) is 7.27. The molecule has 100 valence electrons. The van der Waals surface area contributed by atoms with Gasteiger partial charge in [-0.2, -0.15) is 0 Å². The van der Waals surface area contributed by atoms with Gasteiger partial charge in [0.1, 0.15) is 5.75 Å². The van der Waals surface area contributed by atoms with Crippen LogP contribution in [0.3, 0.4) is 0 Å². The van der Waals surface area contributed by atoms with Gasteiger partial charge in [-0.3, -0.25) is 0 Å². The summed E-state index contributed by atoms with van der Waals surface area (Å²) in [5.74, 6) is 0.994. The van der Waals surface area contributed by atoms with Crippen molar-refractivity contribution in [1.29, 1.82) is 0 Å². The van der Waals surface area contributed by atoms with E-state index in [9.17, 15) is 0 Å². The first kappa shape index (κ1) is 13.7. The van der Waals surface area contributed by atoms with E-state index in [1.165, 1.54) is 11.3 Å². The molecule has 0 atom stereocenters. The van der Waals surface area contributed by atoms with E-state index in [-0.39, 0.29) is 0 Å². The number of benzene rings is 1. The molecule has 0 unspecified atom stereocenters. The number of anilines is 1. The molecule has 4 heteroatoms. The summed E-state index contributed by atoms with van der Waals surface area (Å²) < 4.78 is 6.88. The van der Waals surface area contributed by atoms with Crippen LogP contribution in [0.5, 0.6) is 5.75 Å². The van der Waals surface area contributed by atoms with Gasteiger partial charge >= 0.3 is 0 Å². The first-order chi connectivity index (χ1) is 8.61. The van der Waals surface area contributed by atoms with Gasteiger partial charge in [0.2, 0.25) is 0 Å². The number of hydrogen-bond donors (Lipinski definition) is 0. The normalized spacial score (nSPS) is 17.0. The van der Waals surface area contributed by atoms with Gasteiger partial charge in [0.05, 0.1) is 12.3 Å². The van der Waals surface area contributed by atoms with E-state index in [2.05, 4.69) is 51.8 Å². The molecule has 1 fully saturated rings. The van der Waals surface area contributed by atoms with Crippen LogP contribution in [0.25, 0.3) is 0 Å². The van der Waals surface area contributed by atoms with E-state index in [0.717, 1.165) is 36.4 Å². The van der Waals surface area contributed by atoms with Crippen molar-refractivity contribution in [3.63, 3.8) is 0 Å². The topological polar surface area (TPSA) is 15.7 Å². The second-order valence-corrected chi connectivity index (χ2v) is 5.71. The smallest absolute Gasteiger partial charge is 0.143 e. The summed E-state index contributed by atoms with van der Waals surface area (Å²) in [6.07, 6.45) is 0. The molecule has 0 spiro atoms. The standard InChI is InChI=1S/C14H21BrN2O/c1-4-18-13-10-12(15)9-11(2)14(13)17-7-5-16(3)6-8-17/h9-10H,4-8H2,1-3H3. The van der Waals surface area contributed by atoms with E-state index in [0.29, 0.717) is 6.61 Å². The average molecular weight is 313 g/mol. The third kappa shape index (κ3) is 2.98. The van der Waals surface area contributed by atoms with E-state index < -0.39 is 0 Å². The van der Waals surface area contributed by atoms with Gasteiger partial charge in [0.15, 0.2) is 0 Å². The van der Waals surface area contributed by atoms with Gasteiger partial charge in [-0.05, 0) is 38.6 Å². The fourth-order valence-corrected chi connectivity index (χ4v) is 2.96. The first-order valence-electron chi connectivity index (χ1n) is 6.48. The Morgan fingerprint density at radius 1 is 1.22 bits per heavy atom. The van der Waals surface area contributed by atoms with Gasteiger partial charge < -0.3 is 14.5 Å². The number of halogens is 1. The maximum absolute atomic E-state index is 5.79. The maximum Gasteiger partial charge on any atom is 0.143 e. The largest absolute Gasteiger partial charge is 0.492 e. The Bertz CT molecular complexity index is 415. The zero-order chi connectivity index (χ0) is 13.1. The zero-order valence-electron chi connectivity index (χ0n) is 11.4. The van der Waals surface area contributed by atoms with Crippen molar-refractivity contribution in [2.75, 3.05) is 44.7 Å². The van der Waals surface area contributed by atoms with Crippen LogP contribution in [0, 0.1) is 6.92 Å². The van der Waals surface area contributed by atoms with Crippen molar-refractivity contribution >= 4 is 21.6 Å². The Balaban J connectivity index is 2.30. The summed E-state index contributed by atoms with van der Waals surface area (Å²) in [4.78, 5) is 4.80. The summed E-state index contributed by atoms with van der Waals surface area (Å²) in [6.45, 7) is 9.25. The number of likely N-dealkylation sites (N-methyl/N-ethyl adjacent to an activating group) is 1. The van der Waals surface area contributed by atoms with E-state index in [1.54, 1.807) is 0 Å². The Kier molecular flexibility index (Phi) is 4.51. The van der Waals surface area contributed by atoms with Crippen molar-refractivity contribution in [2.45, 2.75) is 13.8 Å². The lowest BCUT2D eigenvalue weighted by Gasteiger charge is -2.35. The van der Waals surface area contributed by atoms with Crippen LogP contribution in [-0.2, 0) is 0 Å². The predicted octanol–water partition coefficient (Wildman–Crippen LogP) is 2.91. The quantitative estimate of drug-likeness (QED) is 0.853. The molecule has 0 radical (unpaired) electrons. The monoisotopic (exact) mass is 312 g/mol. The number of rotatable bonds is 3. The van der Waals surface area contributed by atoms with Gasteiger partial charge in [-0.15, -0.1) is 0 Å². The number of aryl methyl sites for hydroxylation is 1. The second-order valence-electron chi connectivity index (χ2n) is 4.79. The number of hydrogen-bond acceptors (Lipinski definition) is 3. The van der Waals surface area contributed by atoms with Crippen molar-refractivity contribution in [3.05, 3.63) is 22.2 Å². The Morgan fingerprint density at radius 2 is 1.89 bits per heavy atom. The molecule has 0 N–H and O–H groups in total. The van der Waals surface area contributed by atoms with Crippen LogP contribution in [0.4, 0.5) is 5.69 Å². The number of ether oxygens (including phenoxy) is 1. The van der Waals surface area contributed by atoms with E-state index >= 15 is 0 Å². The van der Waals surface area contributed by atoms with Crippen molar-refractivity contribution in [2.24, 2.45) is 0 Å². The molecule has 0 aliphatic carbocycles. The highest BCUT2D eigenvalue weighted by atomic mass is 79.9. The lowest BCUT2D eigenvalue weighted by Crippen LogP contribution is -2.44. The fraction of sp³-hybridized carbons (Fsp3) is 0.571. The van der Waals surface area contributed by atoms with Gasteiger partial charge in [-0.25, -0.2) is 0 Å². The second kappa shape index (κ2) is 5.93. The summed E-state index contributed by atoms with van der Waals surface area (Å²) in [5.41, 5.74) is 2.53. The van der Waals surface area contributed by atoms with Crippen molar-refractivity contribution < 1.29 is 4.74 Å². The molecule has 1 aliphatic rings. The lowest BCUT2D eigenvalue weighted by molar-refractivity contribution is 0.307. The third-order valence-electron chi connectivity index (χ3n) is 3.35. The molecule has 1 aromatic carbocycles. The molecule has 1 heterocycles. The molecule has 0 bridgehead atoms. The molecule has 0 aromatic heterocycles.